The standard InChI is InChI=1S/C32H37F6N3O4/c1-3-21-6-4-5-7-25(21)27-18-41(29(44)22-8-11-40(12-9-22)28(43)19-42)13-10-26(27)30(45)39(2)17-20-14-23(31(33,34)35)16-24(15-20)32(36,37)38/h4-7,14-16,22,26-27,42H,3,8-13,17-19H2,1-2H3/t26-,27+/m1/s1. The predicted octanol–water partition coefficient (Wildman–Crippen LogP) is 5.11. The van der Waals surface area contributed by atoms with E-state index < -0.39 is 54.4 Å². The molecule has 3 amide bonds. The van der Waals surface area contributed by atoms with Crippen LogP contribution in [0.2, 0.25) is 0 Å². The molecule has 2 aromatic carbocycles. The van der Waals surface area contributed by atoms with Crippen LogP contribution in [-0.2, 0) is 39.7 Å². The molecule has 2 fully saturated rings. The minimum absolute atomic E-state index is 0.0596. The van der Waals surface area contributed by atoms with Gasteiger partial charge >= 0.3 is 12.4 Å². The Bertz CT molecular complexity index is 1360. The molecule has 2 atom stereocenters. The molecule has 0 bridgehead atoms. The zero-order valence-electron chi connectivity index (χ0n) is 25.1. The van der Waals surface area contributed by atoms with Gasteiger partial charge in [-0.3, -0.25) is 14.4 Å². The van der Waals surface area contributed by atoms with Gasteiger partial charge in [-0.25, -0.2) is 0 Å². The van der Waals surface area contributed by atoms with Crippen molar-refractivity contribution in [3.63, 3.8) is 0 Å². The van der Waals surface area contributed by atoms with Crippen molar-refractivity contribution in [1.29, 1.82) is 0 Å². The minimum atomic E-state index is -5.00. The second-order valence-corrected chi connectivity index (χ2v) is 11.8. The first kappa shape index (κ1) is 34.3. The molecule has 0 aliphatic carbocycles. The Morgan fingerprint density at radius 3 is 2.02 bits per heavy atom. The highest BCUT2D eigenvalue weighted by Gasteiger charge is 2.41. The third kappa shape index (κ3) is 7.98. The van der Waals surface area contributed by atoms with Crippen LogP contribution in [0.3, 0.4) is 0 Å². The number of alkyl halides is 6. The van der Waals surface area contributed by atoms with Crippen LogP contribution in [0.4, 0.5) is 26.3 Å². The molecule has 13 heteroatoms. The highest BCUT2D eigenvalue weighted by Crippen LogP contribution is 2.39. The lowest BCUT2D eigenvalue weighted by Gasteiger charge is -2.42. The maximum Gasteiger partial charge on any atom is 0.416 e. The Hall–Kier alpha value is -3.61. The number of carbonyl (C=O) groups excluding carboxylic acids is 3. The molecule has 4 rings (SSSR count). The topological polar surface area (TPSA) is 81.2 Å². The van der Waals surface area contributed by atoms with E-state index in [4.69, 9.17) is 5.11 Å². The van der Waals surface area contributed by atoms with Gasteiger partial charge in [-0.15, -0.1) is 0 Å². The van der Waals surface area contributed by atoms with Crippen LogP contribution in [0.15, 0.2) is 42.5 Å². The lowest BCUT2D eigenvalue weighted by Crippen LogP contribution is -2.51. The molecule has 1 N–H and O–H groups in total. The van der Waals surface area contributed by atoms with Gasteiger partial charge in [0, 0.05) is 57.5 Å². The van der Waals surface area contributed by atoms with E-state index in [0.717, 1.165) is 16.0 Å². The van der Waals surface area contributed by atoms with Gasteiger partial charge in [-0.1, -0.05) is 31.2 Å². The third-order valence-electron chi connectivity index (χ3n) is 8.85. The summed E-state index contributed by atoms with van der Waals surface area (Å²) in [6.07, 6.45) is -8.20. The summed E-state index contributed by atoms with van der Waals surface area (Å²) in [6, 6.07) is 8.83. The molecule has 2 saturated heterocycles. The molecular formula is C32H37F6N3O4. The SMILES string of the molecule is CCc1ccccc1[C@@H]1CN(C(=O)C2CCN(C(=O)CO)CC2)CC[C@H]1C(=O)N(C)Cc1cc(C(F)(F)F)cc(C(F)(F)F)c1. The highest BCUT2D eigenvalue weighted by atomic mass is 19.4. The average Bonchev–Trinajstić information content (AvgIpc) is 3.02. The summed E-state index contributed by atoms with van der Waals surface area (Å²) in [5.74, 6) is -2.35. The Balaban J connectivity index is 1.57. The van der Waals surface area contributed by atoms with E-state index in [-0.39, 0.29) is 48.9 Å². The monoisotopic (exact) mass is 641 g/mol. The first-order valence-electron chi connectivity index (χ1n) is 14.9. The Kier molecular flexibility index (Phi) is 10.5. The van der Waals surface area contributed by atoms with Crippen molar-refractivity contribution in [3.05, 3.63) is 70.3 Å². The largest absolute Gasteiger partial charge is 0.416 e. The smallest absolute Gasteiger partial charge is 0.387 e. The lowest BCUT2D eigenvalue weighted by atomic mass is 9.77. The predicted molar refractivity (Wildman–Crippen MR) is 153 cm³/mol. The van der Waals surface area contributed by atoms with E-state index in [2.05, 4.69) is 0 Å². The van der Waals surface area contributed by atoms with Gasteiger partial charge in [-0.2, -0.15) is 26.3 Å². The first-order chi connectivity index (χ1) is 21.1. The van der Waals surface area contributed by atoms with Crippen LogP contribution in [-0.4, -0.2) is 77.4 Å². The van der Waals surface area contributed by atoms with Crippen LogP contribution in [0.25, 0.3) is 0 Å². The molecule has 7 nitrogen and oxygen atoms in total. The zero-order chi connectivity index (χ0) is 33.1. The van der Waals surface area contributed by atoms with Crippen LogP contribution in [0.1, 0.15) is 59.9 Å². The number of likely N-dealkylation sites (tertiary alicyclic amines) is 2. The Labute approximate surface area is 257 Å². The fourth-order valence-corrected chi connectivity index (χ4v) is 6.46. The zero-order valence-corrected chi connectivity index (χ0v) is 25.1. The number of rotatable bonds is 7. The normalized spacial score (nSPS) is 19.8. The van der Waals surface area contributed by atoms with Crippen LogP contribution in [0.5, 0.6) is 0 Å². The molecule has 2 aliphatic heterocycles. The molecule has 0 aromatic heterocycles. The maximum atomic E-state index is 13.9. The van der Waals surface area contributed by atoms with E-state index in [1.165, 1.54) is 11.9 Å². The molecule has 2 heterocycles. The summed E-state index contributed by atoms with van der Waals surface area (Å²) in [6.45, 7) is 2.08. The van der Waals surface area contributed by atoms with E-state index in [9.17, 15) is 40.7 Å². The maximum absolute atomic E-state index is 13.9. The van der Waals surface area contributed by atoms with Gasteiger partial charge in [0.2, 0.25) is 17.7 Å². The van der Waals surface area contributed by atoms with Gasteiger partial charge in [-0.05, 0) is 60.6 Å². The van der Waals surface area contributed by atoms with E-state index in [1.807, 2.05) is 31.2 Å². The molecule has 0 saturated carbocycles. The molecule has 2 aromatic rings. The summed E-state index contributed by atoms with van der Waals surface area (Å²) in [5.41, 5.74) is -1.34. The number of aliphatic hydroxyl groups is 1. The number of nitrogens with zero attached hydrogens (tertiary/aromatic N) is 3. The second-order valence-electron chi connectivity index (χ2n) is 11.8. The molecule has 0 spiro atoms. The van der Waals surface area contributed by atoms with Gasteiger partial charge in [0.25, 0.3) is 0 Å². The quantitative estimate of drug-likeness (QED) is 0.427. The van der Waals surface area contributed by atoms with Gasteiger partial charge in [0.05, 0.1) is 11.1 Å². The van der Waals surface area contributed by atoms with Crippen molar-refractivity contribution in [2.24, 2.45) is 11.8 Å². The van der Waals surface area contributed by atoms with E-state index in [0.29, 0.717) is 44.5 Å². The summed E-state index contributed by atoms with van der Waals surface area (Å²) >= 11 is 0. The molecule has 2 aliphatic rings. The van der Waals surface area contributed by atoms with Gasteiger partial charge < -0.3 is 19.8 Å². The fourth-order valence-electron chi connectivity index (χ4n) is 6.46. The van der Waals surface area contributed by atoms with E-state index >= 15 is 0 Å². The molecule has 246 valence electrons. The van der Waals surface area contributed by atoms with Crippen molar-refractivity contribution >= 4 is 17.7 Å². The Morgan fingerprint density at radius 2 is 1.47 bits per heavy atom. The summed E-state index contributed by atoms with van der Waals surface area (Å²) < 4.78 is 80.6. The minimum Gasteiger partial charge on any atom is -0.387 e. The number of carbonyl (C=O) groups is 3. The summed E-state index contributed by atoms with van der Waals surface area (Å²) in [5, 5.41) is 9.14. The highest BCUT2D eigenvalue weighted by molar-refractivity contribution is 5.83. The number of benzene rings is 2. The number of aliphatic hydroxyl groups excluding tert-OH is 1. The average molecular weight is 642 g/mol. The van der Waals surface area contributed by atoms with Crippen LogP contribution in [0, 0.1) is 11.8 Å². The number of piperidine rings is 2. The van der Waals surface area contributed by atoms with Crippen LogP contribution < -0.4 is 0 Å². The first-order valence-corrected chi connectivity index (χ1v) is 14.9. The lowest BCUT2D eigenvalue weighted by molar-refractivity contribution is -0.145. The Morgan fingerprint density at radius 1 is 0.889 bits per heavy atom. The second kappa shape index (κ2) is 13.8. The third-order valence-corrected chi connectivity index (χ3v) is 8.85. The molecule has 0 unspecified atom stereocenters. The number of amides is 3. The fraction of sp³-hybridized carbons (Fsp3) is 0.531. The van der Waals surface area contributed by atoms with Crippen LogP contribution >= 0.6 is 0 Å². The summed E-state index contributed by atoms with van der Waals surface area (Å²) in [7, 11) is 1.36. The van der Waals surface area contributed by atoms with Gasteiger partial charge in [0.15, 0.2) is 0 Å². The van der Waals surface area contributed by atoms with Crippen molar-refractivity contribution < 1.29 is 45.8 Å². The molecule has 0 radical (unpaired) electrons. The van der Waals surface area contributed by atoms with Gasteiger partial charge in [0.1, 0.15) is 6.61 Å². The number of halogens is 6. The van der Waals surface area contributed by atoms with E-state index in [1.54, 1.807) is 4.90 Å². The van der Waals surface area contributed by atoms with Crippen molar-refractivity contribution in [1.82, 2.24) is 14.7 Å². The molecular weight excluding hydrogens is 604 g/mol. The molecule has 45 heavy (non-hydrogen) atoms. The number of hydrogen-bond acceptors (Lipinski definition) is 4. The number of aryl methyl sites for hydroxylation is 1. The van der Waals surface area contributed by atoms with Crippen molar-refractivity contribution in [2.45, 2.75) is 57.4 Å². The number of hydrogen-bond donors (Lipinski definition) is 1. The van der Waals surface area contributed by atoms with Crippen molar-refractivity contribution in [3.8, 4) is 0 Å². The summed E-state index contributed by atoms with van der Waals surface area (Å²) in [4.78, 5) is 43.7. The van der Waals surface area contributed by atoms with Crippen molar-refractivity contribution in [2.75, 3.05) is 39.8 Å².